The summed E-state index contributed by atoms with van der Waals surface area (Å²) in [4.78, 5) is 14.5. The second kappa shape index (κ2) is 15.5. The van der Waals surface area contributed by atoms with Crippen molar-refractivity contribution in [2.45, 2.75) is 6.18 Å². The quantitative estimate of drug-likeness (QED) is 0.162. The van der Waals surface area contributed by atoms with Crippen LogP contribution in [0.1, 0.15) is 16.7 Å². The first-order chi connectivity index (χ1) is 32.1. The van der Waals surface area contributed by atoms with Gasteiger partial charge in [0.1, 0.15) is 0 Å². The van der Waals surface area contributed by atoms with Gasteiger partial charge < -0.3 is 9.13 Å². The summed E-state index contributed by atoms with van der Waals surface area (Å²) < 4.78 is 48.9. The Morgan fingerprint density at radius 3 is 1.39 bits per heavy atom. The Hall–Kier alpha value is -9.91. The van der Waals surface area contributed by atoms with E-state index in [9.17, 15) is 23.7 Å². The Morgan fingerprint density at radius 2 is 0.924 bits per heavy atom. The standard InChI is InChI=1S/C55H25F3N8/c1-61-38-22-32(30-59)20-36(24-38)34-16-18-50-42(26-34)40-10-5-7-14-48(40)65(50)52-28-44(54-45(55(56,57)58)12-9-13-46(54)63-3)47(64-4)29-53(52)66-49-15-8-6-11-41(49)43-27-35(17-19-51(43)66)37-21-33(31-60)23-39(25-37)62-2/h5-29H. The molecule has 8 aromatic carbocycles. The number of nitrogens with zero attached hydrogens (tertiary/aromatic N) is 8. The molecular formula is C55H25F3N8. The van der Waals surface area contributed by atoms with Crippen molar-refractivity contribution >= 4 is 66.4 Å². The maximum absolute atomic E-state index is 15.0. The van der Waals surface area contributed by atoms with Crippen LogP contribution in [-0.4, -0.2) is 9.13 Å². The lowest BCUT2D eigenvalue weighted by atomic mass is 9.94. The van der Waals surface area contributed by atoms with Gasteiger partial charge in [0.2, 0.25) is 0 Å². The lowest BCUT2D eigenvalue weighted by molar-refractivity contribution is -0.137. The largest absolute Gasteiger partial charge is 0.415 e. The van der Waals surface area contributed by atoms with Crippen LogP contribution in [-0.2, 0) is 6.18 Å². The van der Waals surface area contributed by atoms with Crippen LogP contribution in [0.25, 0.3) is 108 Å². The van der Waals surface area contributed by atoms with E-state index in [1.807, 2.05) is 94.1 Å². The molecule has 0 saturated heterocycles. The molecule has 11 heteroatoms. The lowest BCUT2D eigenvalue weighted by Gasteiger charge is -2.22. The Balaban J connectivity index is 1.33. The van der Waals surface area contributed by atoms with Gasteiger partial charge in [-0.1, -0.05) is 66.7 Å². The zero-order chi connectivity index (χ0) is 45.9. The minimum atomic E-state index is -4.86. The van der Waals surface area contributed by atoms with Gasteiger partial charge in [0.05, 0.1) is 77.4 Å². The molecule has 10 rings (SSSR count). The lowest BCUT2D eigenvalue weighted by Crippen LogP contribution is -2.08. The average Bonchev–Trinajstić information content (AvgIpc) is 3.87. The Morgan fingerprint density at radius 1 is 0.439 bits per heavy atom. The fraction of sp³-hybridized carbons (Fsp3) is 0.0182. The third kappa shape index (κ3) is 6.42. The number of para-hydroxylation sites is 2. The van der Waals surface area contributed by atoms with Gasteiger partial charge in [-0.15, -0.1) is 0 Å². The fourth-order valence-corrected chi connectivity index (χ4v) is 9.01. The summed E-state index contributed by atoms with van der Waals surface area (Å²) in [5.74, 6) is 0. The van der Waals surface area contributed by atoms with Crippen LogP contribution >= 0.6 is 0 Å². The van der Waals surface area contributed by atoms with E-state index in [4.69, 9.17) is 26.3 Å². The second-order valence-electron chi connectivity index (χ2n) is 15.4. The topological polar surface area (TPSA) is 74.9 Å². The molecule has 2 heterocycles. The first-order valence-electron chi connectivity index (χ1n) is 20.1. The first-order valence-corrected chi connectivity index (χ1v) is 20.1. The van der Waals surface area contributed by atoms with E-state index in [1.165, 1.54) is 24.3 Å². The summed E-state index contributed by atoms with van der Waals surface area (Å²) in [5.41, 5.74) is 5.94. The molecule has 0 aliphatic carbocycles. The molecule has 66 heavy (non-hydrogen) atoms. The van der Waals surface area contributed by atoms with Crippen molar-refractivity contribution in [1.82, 2.24) is 9.13 Å². The monoisotopic (exact) mass is 854 g/mol. The van der Waals surface area contributed by atoms with Crippen LogP contribution < -0.4 is 0 Å². The predicted molar refractivity (Wildman–Crippen MR) is 251 cm³/mol. The molecule has 0 N–H and O–H groups in total. The molecule has 0 unspecified atom stereocenters. The van der Waals surface area contributed by atoms with E-state index in [2.05, 4.69) is 31.5 Å². The van der Waals surface area contributed by atoms with E-state index in [-0.39, 0.29) is 16.9 Å². The molecule has 2 aromatic heterocycles. The number of halogens is 3. The van der Waals surface area contributed by atoms with Crippen LogP contribution in [0.3, 0.4) is 0 Å². The molecule has 10 aromatic rings. The number of aromatic nitrogens is 2. The minimum Gasteiger partial charge on any atom is -0.308 e. The molecule has 0 bridgehead atoms. The average molecular weight is 855 g/mol. The summed E-state index contributed by atoms with van der Waals surface area (Å²) in [6, 6.07) is 47.6. The van der Waals surface area contributed by atoms with Crippen molar-refractivity contribution in [1.29, 1.82) is 10.5 Å². The highest BCUT2D eigenvalue weighted by molar-refractivity contribution is 6.13. The van der Waals surface area contributed by atoms with Gasteiger partial charge in [-0.2, -0.15) is 23.7 Å². The van der Waals surface area contributed by atoms with Crippen molar-refractivity contribution < 1.29 is 13.2 Å². The molecule has 0 radical (unpaired) electrons. The van der Waals surface area contributed by atoms with Crippen molar-refractivity contribution in [2.75, 3.05) is 0 Å². The van der Waals surface area contributed by atoms with Crippen molar-refractivity contribution in [3.8, 4) is 56.9 Å². The van der Waals surface area contributed by atoms with E-state index in [0.29, 0.717) is 61.6 Å². The van der Waals surface area contributed by atoms with Gasteiger partial charge >= 0.3 is 6.18 Å². The highest BCUT2D eigenvalue weighted by Gasteiger charge is 2.36. The summed E-state index contributed by atoms with van der Waals surface area (Å²) in [7, 11) is 0. The summed E-state index contributed by atoms with van der Waals surface area (Å²) >= 11 is 0. The Labute approximate surface area is 375 Å². The predicted octanol–water partition coefficient (Wildman–Crippen LogP) is 15.8. The number of hydrogen-bond donors (Lipinski definition) is 0. The van der Waals surface area contributed by atoms with Gasteiger partial charge in [-0.05, 0) is 118 Å². The second-order valence-corrected chi connectivity index (χ2v) is 15.4. The summed E-state index contributed by atoms with van der Waals surface area (Å²) in [6.07, 6.45) is -4.86. The molecule has 0 aliphatic heterocycles. The van der Waals surface area contributed by atoms with Gasteiger partial charge in [0, 0.05) is 32.7 Å². The first kappa shape index (κ1) is 40.2. The summed E-state index contributed by atoms with van der Waals surface area (Å²) in [5, 5.41) is 22.8. The molecule has 0 aliphatic rings. The van der Waals surface area contributed by atoms with Crippen LogP contribution in [0.15, 0.2) is 152 Å². The molecule has 306 valence electrons. The number of nitriles is 2. The van der Waals surface area contributed by atoms with Crippen LogP contribution in [0.5, 0.6) is 0 Å². The molecule has 0 saturated carbocycles. The zero-order valence-corrected chi connectivity index (χ0v) is 34.1. The van der Waals surface area contributed by atoms with Gasteiger partial charge in [0.25, 0.3) is 0 Å². The molecule has 0 amide bonds. The zero-order valence-electron chi connectivity index (χ0n) is 34.1. The number of hydrogen-bond acceptors (Lipinski definition) is 2. The van der Waals surface area contributed by atoms with Crippen LogP contribution in [0.2, 0.25) is 0 Å². The summed E-state index contributed by atoms with van der Waals surface area (Å²) in [6.45, 7) is 31.7. The van der Waals surface area contributed by atoms with Crippen molar-refractivity contribution in [3.05, 3.63) is 214 Å². The van der Waals surface area contributed by atoms with Gasteiger partial charge in [-0.3, -0.25) is 0 Å². The number of fused-ring (bicyclic) bond motifs is 6. The minimum absolute atomic E-state index is 0.0683. The van der Waals surface area contributed by atoms with E-state index >= 15 is 0 Å². The fourth-order valence-electron chi connectivity index (χ4n) is 9.01. The van der Waals surface area contributed by atoms with E-state index in [0.717, 1.165) is 44.3 Å². The van der Waals surface area contributed by atoms with E-state index in [1.54, 1.807) is 36.4 Å². The maximum atomic E-state index is 15.0. The third-order valence-electron chi connectivity index (χ3n) is 11.8. The maximum Gasteiger partial charge on any atom is 0.415 e. The van der Waals surface area contributed by atoms with Gasteiger partial charge in [0.15, 0.2) is 22.7 Å². The smallest absolute Gasteiger partial charge is 0.308 e. The molecule has 0 spiro atoms. The highest BCUT2D eigenvalue weighted by Crippen LogP contribution is 2.49. The van der Waals surface area contributed by atoms with Crippen molar-refractivity contribution in [3.63, 3.8) is 0 Å². The van der Waals surface area contributed by atoms with E-state index < -0.39 is 17.3 Å². The number of rotatable bonds is 5. The number of benzene rings is 8. The third-order valence-corrected chi connectivity index (χ3v) is 11.8. The SMILES string of the molecule is [C-]#[N+]c1cc(C#N)cc(-c2ccc3c(c2)c2ccccc2n3-c2cc([N+]#[C-])c(-c3c([N+]#[C-])cccc3C(F)(F)F)cc2-n2c3ccccc3c3cc(-c4cc(C#N)cc([N+]#[C-])c4)ccc32)c1. The Bertz CT molecular complexity index is 3950. The number of alkyl halides is 3. The van der Waals surface area contributed by atoms with Crippen molar-refractivity contribution in [2.24, 2.45) is 0 Å². The van der Waals surface area contributed by atoms with Gasteiger partial charge in [-0.25, -0.2) is 19.4 Å². The van der Waals surface area contributed by atoms with Crippen LogP contribution in [0, 0.1) is 49.0 Å². The molecular weight excluding hydrogens is 830 g/mol. The molecule has 0 fully saturated rings. The molecule has 8 nitrogen and oxygen atoms in total. The molecule has 0 atom stereocenters. The Kier molecular flexibility index (Phi) is 9.41. The normalized spacial score (nSPS) is 11.2. The highest BCUT2D eigenvalue weighted by atomic mass is 19.4. The van der Waals surface area contributed by atoms with Crippen LogP contribution in [0.4, 0.5) is 35.9 Å².